The number of hydrogen-bond acceptors (Lipinski definition) is 3. The molecule has 0 spiro atoms. The predicted octanol–water partition coefficient (Wildman–Crippen LogP) is 2.67. The molecular formula is C17H21FN2O2S. The van der Waals surface area contributed by atoms with Gasteiger partial charge in [-0.05, 0) is 37.1 Å². The molecule has 0 aliphatic carbocycles. The summed E-state index contributed by atoms with van der Waals surface area (Å²) < 4.78 is 41.3. The Hall–Kier alpha value is -1.76. The highest BCUT2D eigenvalue weighted by molar-refractivity contribution is 7.89. The molecule has 0 saturated heterocycles. The maximum Gasteiger partial charge on any atom is 0.246 e. The average Bonchev–Trinajstić information content (AvgIpc) is 2.54. The van der Waals surface area contributed by atoms with E-state index < -0.39 is 15.8 Å². The fourth-order valence-electron chi connectivity index (χ4n) is 2.30. The van der Waals surface area contributed by atoms with Crippen LogP contribution in [-0.2, 0) is 16.6 Å². The van der Waals surface area contributed by atoms with Crippen molar-refractivity contribution in [2.24, 2.45) is 5.73 Å². The highest BCUT2D eigenvalue weighted by Gasteiger charge is 2.27. The Kier molecular flexibility index (Phi) is 5.87. The summed E-state index contributed by atoms with van der Waals surface area (Å²) in [5, 5.41) is 0. The van der Waals surface area contributed by atoms with Gasteiger partial charge in [0, 0.05) is 13.1 Å². The summed E-state index contributed by atoms with van der Waals surface area (Å²) in [5.41, 5.74) is 6.67. The molecule has 2 aromatic carbocycles. The van der Waals surface area contributed by atoms with Gasteiger partial charge in [-0.3, -0.25) is 0 Å². The van der Waals surface area contributed by atoms with Crippen molar-refractivity contribution in [2.75, 3.05) is 13.1 Å². The lowest BCUT2D eigenvalue weighted by atomic mass is 10.2. The Morgan fingerprint density at radius 1 is 1.09 bits per heavy atom. The molecule has 0 fully saturated rings. The van der Waals surface area contributed by atoms with E-state index in [0.717, 1.165) is 5.56 Å². The second-order valence-electron chi connectivity index (χ2n) is 5.35. The predicted molar refractivity (Wildman–Crippen MR) is 88.8 cm³/mol. The number of hydrogen-bond donors (Lipinski definition) is 1. The molecule has 23 heavy (non-hydrogen) atoms. The van der Waals surface area contributed by atoms with Gasteiger partial charge < -0.3 is 5.73 Å². The normalized spacial score (nSPS) is 11.8. The Balaban J connectivity index is 2.38. The van der Waals surface area contributed by atoms with Crippen LogP contribution in [0.3, 0.4) is 0 Å². The molecular weight excluding hydrogens is 315 g/mol. The van der Waals surface area contributed by atoms with Crippen LogP contribution in [0, 0.1) is 12.7 Å². The van der Waals surface area contributed by atoms with E-state index in [9.17, 15) is 12.8 Å². The number of halogens is 1. The molecule has 0 aromatic heterocycles. The van der Waals surface area contributed by atoms with Crippen molar-refractivity contribution in [3.8, 4) is 0 Å². The molecule has 0 heterocycles. The maximum absolute atomic E-state index is 14.3. The van der Waals surface area contributed by atoms with Crippen molar-refractivity contribution >= 4 is 10.0 Å². The standard InChI is InChI=1S/C17H21FN2O2S/c1-14-7-5-10-16(17(14)18)23(21,22)20(12-6-11-19)13-15-8-3-2-4-9-15/h2-5,7-10H,6,11-13,19H2,1H3. The van der Waals surface area contributed by atoms with Crippen molar-refractivity contribution in [1.82, 2.24) is 4.31 Å². The summed E-state index contributed by atoms with van der Waals surface area (Å²) in [6, 6.07) is 13.6. The smallest absolute Gasteiger partial charge is 0.246 e. The number of benzene rings is 2. The van der Waals surface area contributed by atoms with Crippen LogP contribution in [0.15, 0.2) is 53.4 Å². The topological polar surface area (TPSA) is 63.4 Å². The van der Waals surface area contributed by atoms with Gasteiger partial charge in [-0.15, -0.1) is 0 Å². The molecule has 0 aliphatic rings. The SMILES string of the molecule is Cc1cccc(S(=O)(=O)N(CCCN)Cc2ccccc2)c1F. The second kappa shape index (κ2) is 7.68. The molecule has 2 rings (SSSR count). The fourth-order valence-corrected chi connectivity index (χ4v) is 3.90. The third-order valence-electron chi connectivity index (χ3n) is 3.59. The average molecular weight is 336 g/mol. The molecule has 2 N–H and O–H groups in total. The maximum atomic E-state index is 14.3. The molecule has 0 amide bonds. The van der Waals surface area contributed by atoms with Crippen molar-refractivity contribution in [3.63, 3.8) is 0 Å². The number of rotatable bonds is 7. The van der Waals surface area contributed by atoms with E-state index in [1.165, 1.54) is 10.4 Å². The first-order valence-corrected chi connectivity index (χ1v) is 8.90. The van der Waals surface area contributed by atoms with Crippen molar-refractivity contribution in [1.29, 1.82) is 0 Å². The summed E-state index contributed by atoms with van der Waals surface area (Å²) in [5.74, 6) is -0.696. The zero-order valence-corrected chi connectivity index (χ0v) is 13.9. The van der Waals surface area contributed by atoms with E-state index in [2.05, 4.69) is 0 Å². The monoisotopic (exact) mass is 336 g/mol. The molecule has 0 atom stereocenters. The largest absolute Gasteiger partial charge is 0.330 e. The third-order valence-corrected chi connectivity index (χ3v) is 5.45. The second-order valence-corrected chi connectivity index (χ2v) is 7.26. The minimum atomic E-state index is -3.92. The lowest BCUT2D eigenvalue weighted by molar-refractivity contribution is 0.398. The Morgan fingerprint density at radius 2 is 1.78 bits per heavy atom. The van der Waals surface area contributed by atoms with Gasteiger partial charge in [0.15, 0.2) is 0 Å². The van der Waals surface area contributed by atoms with E-state index in [1.807, 2.05) is 30.3 Å². The van der Waals surface area contributed by atoms with Crippen molar-refractivity contribution in [2.45, 2.75) is 24.8 Å². The molecule has 124 valence electrons. The number of aryl methyl sites for hydroxylation is 1. The first-order chi connectivity index (χ1) is 11.0. The highest BCUT2D eigenvalue weighted by Crippen LogP contribution is 2.23. The zero-order chi connectivity index (χ0) is 16.9. The summed E-state index contributed by atoms with van der Waals surface area (Å²) in [6.45, 7) is 2.37. The van der Waals surface area contributed by atoms with Crippen LogP contribution in [0.25, 0.3) is 0 Å². The lowest BCUT2D eigenvalue weighted by Gasteiger charge is -2.22. The van der Waals surface area contributed by atoms with Crippen LogP contribution in [0.4, 0.5) is 4.39 Å². The molecule has 6 heteroatoms. The first kappa shape index (κ1) is 17.6. The molecule has 0 unspecified atom stereocenters. The Labute approximate surface area is 136 Å². The third kappa shape index (κ3) is 4.16. The molecule has 0 bridgehead atoms. The summed E-state index contributed by atoms with van der Waals surface area (Å²) in [4.78, 5) is -0.287. The minimum Gasteiger partial charge on any atom is -0.330 e. The summed E-state index contributed by atoms with van der Waals surface area (Å²) in [7, 11) is -3.92. The Morgan fingerprint density at radius 3 is 2.43 bits per heavy atom. The zero-order valence-electron chi connectivity index (χ0n) is 13.1. The molecule has 0 aliphatic heterocycles. The van der Waals surface area contributed by atoms with Crippen LogP contribution in [0.1, 0.15) is 17.5 Å². The van der Waals surface area contributed by atoms with Crippen LogP contribution in [-0.4, -0.2) is 25.8 Å². The van der Waals surface area contributed by atoms with Crippen LogP contribution >= 0.6 is 0 Å². The number of sulfonamides is 1. The van der Waals surface area contributed by atoms with Crippen LogP contribution in [0.2, 0.25) is 0 Å². The molecule has 0 saturated carbocycles. The fraction of sp³-hybridized carbons (Fsp3) is 0.294. The Bertz CT molecular complexity index is 748. The number of nitrogens with zero attached hydrogens (tertiary/aromatic N) is 1. The van der Waals surface area contributed by atoms with Gasteiger partial charge in [0.05, 0.1) is 0 Å². The van der Waals surface area contributed by atoms with Crippen LogP contribution < -0.4 is 5.73 Å². The van der Waals surface area contributed by atoms with Crippen molar-refractivity contribution < 1.29 is 12.8 Å². The van der Waals surface area contributed by atoms with Gasteiger partial charge in [-0.2, -0.15) is 4.31 Å². The van der Waals surface area contributed by atoms with Gasteiger partial charge >= 0.3 is 0 Å². The summed E-state index contributed by atoms with van der Waals surface area (Å²) in [6.07, 6.45) is 0.513. The molecule has 2 aromatic rings. The quantitative estimate of drug-likeness (QED) is 0.845. The summed E-state index contributed by atoms with van der Waals surface area (Å²) >= 11 is 0. The van der Waals surface area contributed by atoms with Gasteiger partial charge in [-0.25, -0.2) is 12.8 Å². The van der Waals surface area contributed by atoms with E-state index in [4.69, 9.17) is 5.73 Å². The molecule has 0 radical (unpaired) electrons. The lowest BCUT2D eigenvalue weighted by Crippen LogP contribution is -2.33. The van der Waals surface area contributed by atoms with Gasteiger partial charge in [0.25, 0.3) is 0 Å². The van der Waals surface area contributed by atoms with E-state index in [-0.39, 0.29) is 18.0 Å². The van der Waals surface area contributed by atoms with E-state index in [0.29, 0.717) is 18.5 Å². The van der Waals surface area contributed by atoms with Gasteiger partial charge in [0.1, 0.15) is 10.7 Å². The first-order valence-electron chi connectivity index (χ1n) is 7.46. The minimum absolute atomic E-state index is 0.191. The van der Waals surface area contributed by atoms with E-state index in [1.54, 1.807) is 19.1 Å². The van der Waals surface area contributed by atoms with Crippen LogP contribution in [0.5, 0.6) is 0 Å². The van der Waals surface area contributed by atoms with Gasteiger partial charge in [-0.1, -0.05) is 42.5 Å². The van der Waals surface area contributed by atoms with Crippen molar-refractivity contribution in [3.05, 3.63) is 65.5 Å². The highest BCUT2D eigenvalue weighted by atomic mass is 32.2. The van der Waals surface area contributed by atoms with Gasteiger partial charge in [0.2, 0.25) is 10.0 Å². The number of nitrogens with two attached hydrogens (primary N) is 1. The molecule has 4 nitrogen and oxygen atoms in total. The van der Waals surface area contributed by atoms with E-state index >= 15 is 0 Å².